The lowest BCUT2D eigenvalue weighted by Crippen LogP contribution is -2.40. The highest BCUT2D eigenvalue weighted by molar-refractivity contribution is 7.07. The minimum atomic E-state index is -0.726. The molecule has 1 aromatic heterocycles. The number of esters is 1. The molecule has 0 spiro atoms. The van der Waals surface area contributed by atoms with E-state index in [1.807, 2.05) is 49.4 Å². The third-order valence-electron chi connectivity index (χ3n) is 5.22. The number of hydrogen-bond donors (Lipinski definition) is 0. The Hall–Kier alpha value is -3.16. The summed E-state index contributed by atoms with van der Waals surface area (Å²) in [6, 6.07) is 14.0. The number of fused-ring (bicyclic) bond motifs is 1. The van der Waals surface area contributed by atoms with Crippen molar-refractivity contribution in [2.75, 3.05) is 13.2 Å². The van der Waals surface area contributed by atoms with Crippen LogP contribution >= 0.6 is 22.9 Å². The van der Waals surface area contributed by atoms with Crippen LogP contribution in [0.25, 0.3) is 6.08 Å². The average Bonchev–Trinajstić information content (AvgIpc) is 3.10. The summed E-state index contributed by atoms with van der Waals surface area (Å²) in [6.07, 6.45) is 1.75. The summed E-state index contributed by atoms with van der Waals surface area (Å²) >= 11 is 7.57. The number of carbonyl (C=O) groups is 1. The van der Waals surface area contributed by atoms with E-state index >= 15 is 0 Å². The summed E-state index contributed by atoms with van der Waals surface area (Å²) < 4.78 is 13.2. The van der Waals surface area contributed by atoms with E-state index in [1.165, 1.54) is 11.3 Å². The lowest BCUT2D eigenvalue weighted by Gasteiger charge is -2.26. The van der Waals surface area contributed by atoms with Gasteiger partial charge in [0.25, 0.3) is 5.56 Å². The molecule has 3 aromatic rings. The van der Waals surface area contributed by atoms with Gasteiger partial charge in [0.05, 0.1) is 29.0 Å². The van der Waals surface area contributed by atoms with Crippen molar-refractivity contribution in [1.82, 2.24) is 4.57 Å². The summed E-state index contributed by atoms with van der Waals surface area (Å²) in [5.74, 6) is 0.0950. The maximum Gasteiger partial charge on any atom is 0.338 e. The van der Waals surface area contributed by atoms with Gasteiger partial charge < -0.3 is 9.47 Å². The van der Waals surface area contributed by atoms with Gasteiger partial charge in [0, 0.05) is 10.6 Å². The summed E-state index contributed by atoms with van der Waals surface area (Å²) in [6.45, 7) is 6.05. The van der Waals surface area contributed by atoms with E-state index in [1.54, 1.807) is 30.6 Å². The minimum absolute atomic E-state index is 0.215. The standard InChI is InChI=1S/C25H23ClN2O4S/c1-4-31-19-13-9-7-11-17(19)22-21(24(30)32-5-2)15(3)27-25-28(22)23(29)20(33-25)14-16-10-6-8-12-18(16)26/h6-14,22H,4-5H2,1-3H3/b20-14-/t22-/m1/s1. The molecule has 0 amide bonds. The van der Waals surface area contributed by atoms with Gasteiger partial charge >= 0.3 is 5.97 Å². The molecule has 170 valence electrons. The van der Waals surface area contributed by atoms with Crippen molar-refractivity contribution in [2.45, 2.75) is 26.8 Å². The van der Waals surface area contributed by atoms with Crippen molar-refractivity contribution in [2.24, 2.45) is 4.99 Å². The molecule has 0 saturated heterocycles. The summed E-state index contributed by atoms with van der Waals surface area (Å²) in [4.78, 5) is 31.7. The smallest absolute Gasteiger partial charge is 0.338 e. The molecule has 0 aliphatic carbocycles. The number of benzene rings is 2. The highest BCUT2D eigenvalue weighted by Crippen LogP contribution is 2.35. The van der Waals surface area contributed by atoms with Crippen molar-refractivity contribution in [3.63, 3.8) is 0 Å². The number of halogens is 1. The van der Waals surface area contributed by atoms with Crippen LogP contribution in [0.1, 0.15) is 37.9 Å². The van der Waals surface area contributed by atoms with Crippen molar-refractivity contribution >= 4 is 35.0 Å². The van der Waals surface area contributed by atoms with Crippen LogP contribution in [0.3, 0.4) is 0 Å². The Bertz CT molecular complexity index is 1420. The first kappa shape index (κ1) is 23.0. The number of ether oxygens (including phenoxy) is 2. The Balaban J connectivity index is 2.00. The largest absolute Gasteiger partial charge is 0.494 e. The molecular formula is C25H23ClN2O4S. The molecule has 1 atom stereocenters. The second kappa shape index (κ2) is 9.77. The average molecular weight is 483 g/mol. The van der Waals surface area contributed by atoms with Gasteiger partial charge in [-0.05, 0) is 44.5 Å². The molecule has 0 radical (unpaired) electrons. The van der Waals surface area contributed by atoms with Crippen molar-refractivity contribution in [3.8, 4) is 5.75 Å². The highest BCUT2D eigenvalue weighted by Gasteiger charge is 2.35. The number of allylic oxidation sites excluding steroid dienone is 1. The van der Waals surface area contributed by atoms with E-state index < -0.39 is 12.0 Å². The monoisotopic (exact) mass is 482 g/mol. The molecule has 0 fully saturated rings. The SMILES string of the molecule is CCOC(=O)C1=C(C)N=c2s/c(=C\c3ccccc3Cl)c(=O)n2[C@@H]1c1ccccc1OCC. The van der Waals surface area contributed by atoms with Crippen LogP contribution in [-0.2, 0) is 9.53 Å². The zero-order valence-corrected chi connectivity index (χ0v) is 20.1. The fourth-order valence-corrected chi connectivity index (χ4v) is 5.04. The van der Waals surface area contributed by atoms with Gasteiger partial charge in [0.15, 0.2) is 4.80 Å². The molecule has 0 bridgehead atoms. The van der Waals surface area contributed by atoms with Gasteiger partial charge in [0.2, 0.25) is 0 Å². The zero-order chi connectivity index (χ0) is 23.5. The van der Waals surface area contributed by atoms with Crippen LogP contribution in [0, 0.1) is 0 Å². The molecule has 0 unspecified atom stereocenters. The Morgan fingerprint density at radius 1 is 1.15 bits per heavy atom. The van der Waals surface area contributed by atoms with Crippen molar-refractivity contribution in [3.05, 3.63) is 95.6 Å². The third-order valence-corrected chi connectivity index (χ3v) is 6.55. The van der Waals surface area contributed by atoms with E-state index in [-0.39, 0.29) is 12.2 Å². The lowest BCUT2D eigenvalue weighted by molar-refractivity contribution is -0.139. The van der Waals surface area contributed by atoms with E-state index in [0.29, 0.717) is 43.5 Å². The molecule has 8 heteroatoms. The molecule has 33 heavy (non-hydrogen) atoms. The summed E-state index contributed by atoms with van der Waals surface area (Å²) in [7, 11) is 0. The summed E-state index contributed by atoms with van der Waals surface area (Å²) in [5.41, 5.74) is 2.00. The number of thiazole rings is 1. The molecule has 1 aliphatic rings. The van der Waals surface area contributed by atoms with Crippen LogP contribution in [0.4, 0.5) is 0 Å². The van der Waals surface area contributed by atoms with Gasteiger partial charge in [-0.3, -0.25) is 9.36 Å². The number of hydrogen-bond acceptors (Lipinski definition) is 6. The second-order valence-electron chi connectivity index (χ2n) is 7.29. The third kappa shape index (κ3) is 4.38. The first-order valence-corrected chi connectivity index (χ1v) is 11.8. The maximum atomic E-state index is 13.6. The minimum Gasteiger partial charge on any atom is -0.494 e. The molecule has 2 heterocycles. The fourth-order valence-electron chi connectivity index (χ4n) is 3.81. The lowest BCUT2D eigenvalue weighted by atomic mass is 9.95. The van der Waals surface area contributed by atoms with Gasteiger partial charge in [-0.1, -0.05) is 59.3 Å². The summed E-state index contributed by atoms with van der Waals surface area (Å²) in [5, 5.41) is 0.546. The number of nitrogens with zero attached hydrogens (tertiary/aromatic N) is 2. The Kier molecular flexibility index (Phi) is 6.81. The zero-order valence-electron chi connectivity index (χ0n) is 18.5. The number of aromatic nitrogens is 1. The van der Waals surface area contributed by atoms with Crippen LogP contribution in [0.5, 0.6) is 5.75 Å². The van der Waals surface area contributed by atoms with E-state index in [4.69, 9.17) is 21.1 Å². The van der Waals surface area contributed by atoms with Gasteiger partial charge in [0.1, 0.15) is 11.8 Å². The molecular weight excluding hydrogens is 460 g/mol. The van der Waals surface area contributed by atoms with Crippen molar-refractivity contribution in [1.29, 1.82) is 0 Å². The quantitative estimate of drug-likeness (QED) is 0.500. The molecule has 4 rings (SSSR count). The molecule has 6 nitrogen and oxygen atoms in total. The Morgan fingerprint density at radius 3 is 2.61 bits per heavy atom. The van der Waals surface area contributed by atoms with Gasteiger partial charge in [-0.25, -0.2) is 9.79 Å². The number of carbonyl (C=O) groups excluding carboxylic acids is 1. The molecule has 2 aromatic carbocycles. The topological polar surface area (TPSA) is 69.9 Å². The second-order valence-corrected chi connectivity index (χ2v) is 8.71. The van der Waals surface area contributed by atoms with E-state index in [9.17, 15) is 9.59 Å². The Labute approximate surface area is 200 Å². The van der Waals surface area contributed by atoms with Crippen LogP contribution < -0.4 is 19.6 Å². The van der Waals surface area contributed by atoms with Crippen LogP contribution in [0.15, 0.2) is 69.6 Å². The Morgan fingerprint density at radius 2 is 1.88 bits per heavy atom. The van der Waals surface area contributed by atoms with E-state index in [2.05, 4.69) is 4.99 Å². The number of para-hydroxylation sites is 1. The maximum absolute atomic E-state index is 13.6. The van der Waals surface area contributed by atoms with E-state index in [0.717, 1.165) is 5.56 Å². The van der Waals surface area contributed by atoms with Gasteiger partial charge in [-0.15, -0.1) is 0 Å². The normalized spacial score (nSPS) is 15.8. The first-order valence-electron chi connectivity index (χ1n) is 10.6. The van der Waals surface area contributed by atoms with Crippen LogP contribution in [0.2, 0.25) is 5.02 Å². The predicted molar refractivity (Wildman–Crippen MR) is 129 cm³/mol. The number of rotatable bonds is 6. The predicted octanol–water partition coefficient (Wildman–Crippen LogP) is 3.85. The molecule has 0 N–H and O–H groups in total. The fraction of sp³-hybridized carbons (Fsp3) is 0.240. The van der Waals surface area contributed by atoms with Gasteiger partial charge in [-0.2, -0.15) is 0 Å². The molecule has 1 aliphatic heterocycles. The molecule has 0 saturated carbocycles. The first-order chi connectivity index (χ1) is 16.0. The highest BCUT2D eigenvalue weighted by atomic mass is 35.5. The van der Waals surface area contributed by atoms with Crippen molar-refractivity contribution < 1.29 is 14.3 Å². The van der Waals surface area contributed by atoms with Crippen LogP contribution in [-0.4, -0.2) is 23.8 Å².